The first-order valence-electron chi connectivity index (χ1n) is 20.8. The third-order valence-electron chi connectivity index (χ3n) is 12.7. The maximum atomic E-state index is 4.99. The van der Waals surface area contributed by atoms with Crippen LogP contribution in [0.25, 0.3) is 131 Å². The molecule has 13 rings (SSSR count). The highest BCUT2D eigenvalue weighted by Gasteiger charge is 2.24. The monoisotopic (exact) mass is 790 g/mol. The minimum Gasteiger partial charge on any atom is -0.235 e. The Balaban J connectivity index is 1.12. The molecule has 0 atom stereocenters. The van der Waals surface area contributed by atoms with Gasteiger partial charge in [0.25, 0.3) is 0 Å². The molecule has 10 aromatic carbocycles. The summed E-state index contributed by atoms with van der Waals surface area (Å²) in [6.07, 6.45) is 1.73. The van der Waals surface area contributed by atoms with Crippen LogP contribution in [-0.4, -0.2) is 9.97 Å². The molecule has 0 saturated heterocycles. The van der Waals surface area contributed by atoms with Crippen LogP contribution in [0, 0.1) is 0 Å². The minimum absolute atomic E-state index is 0.962. The van der Waals surface area contributed by atoms with Gasteiger partial charge in [-0.2, -0.15) is 0 Å². The number of nitrogens with zero attached hydrogens (tertiary/aromatic N) is 2. The molecule has 1 aliphatic rings. The summed E-state index contributed by atoms with van der Waals surface area (Å²) in [6, 6.07) is 73.9. The first-order valence-corrected chi connectivity index (χ1v) is 21.6. The van der Waals surface area contributed by atoms with Crippen molar-refractivity contribution in [3.05, 3.63) is 207 Å². The Morgan fingerprint density at radius 3 is 1.49 bits per heavy atom. The molecule has 0 radical (unpaired) electrons. The zero-order valence-corrected chi connectivity index (χ0v) is 33.7. The molecule has 2 nitrogen and oxygen atoms in total. The number of fused-ring (bicyclic) bond motifs is 14. The predicted octanol–water partition coefficient (Wildman–Crippen LogP) is 16.3. The quantitative estimate of drug-likeness (QED) is 0.167. The molecular weight excluding hydrogens is 757 g/mol. The van der Waals surface area contributed by atoms with E-state index in [9.17, 15) is 0 Å². The van der Waals surface area contributed by atoms with Gasteiger partial charge in [0, 0.05) is 15.6 Å². The summed E-state index contributed by atoms with van der Waals surface area (Å²) < 4.78 is 2.33. The Bertz CT molecular complexity index is 3780. The molecule has 2 aromatic heterocycles. The van der Waals surface area contributed by atoms with E-state index in [-0.39, 0.29) is 0 Å². The molecule has 0 unspecified atom stereocenters. The molecule has 0 bridgehead atoms. The maximum absolute atomic E-state index is 4.99. The van der Waals surface area contributed by atoms with Crippen molar-refractivity contribution in [2.24, 2.45) is 0 Å². The summed E-state index contributed by atoms with van der Waals surface area (Å²) in [5.41, 5.74) is 17.8. The molecule has 0 spiro atoms. The molecule has 1 aliphatic carbocycles. The standard InChI is InChI=1S/C58H34N2S/c1-2-14-36-31-37(26-25-35(36)13-1)55-48-22-10-9-21-47(48)54(49-30-28-39(33-52(49)55)56-58-57(60-34-59-56)50-23-11-12-24-53(50)61-58)38-27-29-46-44-19-6-5-17-42(44)40-15-3-4-16-41(40)43-18-7-8-20-45(43)51(46)32-38/h1-34H. The fraction of sp³-hybridized carbons (Fsp3) is 0. The first-order chi connectivity index (χ1) is 30.3. The van der Waals surface area contributed by atoms with Gasteiger partial charge in [0.2, 0.25) is 0 Å². The second-order valence-electron chi connectivity index (χ2n) is 16.0. The lowest BCUT2D eigenvalue weighted by atomic mass is 9.79. The van der Waals surface area contributed by atoms with Gasteiger partial charge in [-0.1, -0.05) is 176 Å². The third-order valence-corrected chi connectivity index (χ3v) is 13.9. The van der Waals surface area contributed by atoms with Gasteiger partial charge in [-0.05, 0) is 123 Å². The van der Waals surface area contributed by atoms with Gasteiger partial charge in [0.1, 0.15) is 6.33 Å². The zero-order valence-electron chi connectivity index (χ0n) is 32.9. The van der Waals surface area contributed by atoms with Crippen molar-refractivity contribution < 1.29 is 0 Å². The topological polar surface area (TPSA) is 25.8 Å². The van der Waals surface area contributed by atoms with E-state index in [4.69, 9.17) is 9.97 Å². The number of aromatic nitrogens is 2. The number of hydrogen-bond donors (Lipinski definition) is 0. The van der Waals surface area contributed by atoms with E-state index in [1.54, 1.807) is 17.7 Å². The van der Waals surface area contributed by atoms with Crippen LogP contribution in [0.15, 0.2) is 207 Å². The summed E-state index contributed by atoms with van der Waals surface area (Å²) in [4.78, 5) is 9.78. The lowest BCUT2D eigenvalue weighted by molar-refractivity contribution is 1.24. The molecule has 0 fully saturated rings. The normalized spacial score (nSPS) is 11.9. The fourth-order valence-electron chi connectivity index (χ4n) is 10.0. The van der Waals surface area contributed by atoms with E-state index in [1.807, 2.05) is 0 Å². The van der Waals surface area contributed by atoms with Crippen molar-refractivity contribution in [1.82, 2.24) is 9.97 Å². The Morgan fingerprint density at radius 2 is 0.803 bits per heavy atom. The summed E-state index contributed by atoms with van der Waals surface area (Å²) in [5, 5.41) is 8.47. The van der Waals surface area contributed by atoms with E-state index >= 15 is 0 Å². The summed E-state index contributed by atoms with van der Waals surface area (Å²) in [6.45, 7) is 0. The molecule has 12 aromatic rings. The van der Waals surface area contributed by atoms with Crippen LogP contribution in [0.1, 0.15) is 0 Å². The van der Waals surface area contributed by atoms with Crippen LogP contribution in [0.5, 0.6) is 0 Å². The van der Waals surface area contributed by atoms with Gasteiger partial charge in [0.05, 0.1) is 15.9 Å². The smallest absolute Gasteiger partial charge is 0.116 e. The molecule has 61 heavy (non-hydrogen) atoms. The largest absolute Gasteiger partial charge is 0.235 e. The van der Waals surface area contributed by atoms with Crippen molar-refractivity contribution >= 4 is 64.0 Å². The minimum atomic E-state index is 0.962. The molecule has 0 N–H and O–H groups in total. The number of thiophene rings is 1. The van der Waals surface area contributed by atoms with Gasteiger partial charge < -0.3 is 0 Å². The SMILES string of the molecule is c1ccc2c(c1)-c1ccccc1-c1ccc(-c3c4ccccc4c(-c4ccc5ccccc5c4)c4cc(-c5ncnc6c5sc5ccccc56)ccc34)cc1-c1ccccc1-2. The van der Waals surface area contributed by atoms with E-state index in [2.05, 4.69) is 200 Å². The van der Waals surface area contributed by atoms with Crippen LogP contribution in [0.4, 0.5) is 0 Å². The zero-order chi connectivity index (χ0) is 40.0. The van der Waals surface area contributed by atoms with Crippen LogP contribution in [0.2, 0.25) is 0 Å². The van der Waals surface area contributed by atoms with Crippen molar-refractivity contribution in [3.8, 4) is 78.0 Å². The summed E-state index contributed by atoms with van der Waals surface area (Å²) >= 11 is 1.77. The van der Waals surface area contributed by atoms with Gasteiger partial charge >= 0.3 is 0 Å². The molecule has 0 aliphatic heterocycles. The maximum Gasteiger partial charge on any atom is 0.116 e. The average Bonchev–Trinajstić information content (AvgIpc) is 3.71. The van der Waals surface area contributed by atoms with E-state index in [1.165, 1.54) is 109 Å². The summed E-state index contributed by atoms with van der Waals surface area (Å²) in [7, 11) is 0. The summed E-state index contributed by atoms with van der Waals surface area (Å²) in [5.74, 6) is 0. The van der Waals surface area contributed by atoms with Crippen molar-refractivity contribution in [2.45, 2.75) is 0 Å². The number of benzene rings is 10. The van der Waals surface area contributed by atoms with E-state index in [0.717, 1.165) is 21.5 Å². The van der Waals surface area contributed by atoms with Crippen molar-refractivity contribution in [2.75, 3.05) is 0 Å². The second kappa shape index (κ2) is 13.4. The van der Waals surface area contributed by atoms with Crippen LogP contribution in [0.3, 0.4) is 0 Å². The van der Waals surface area contributed by atoms with Crippen molar-refractivity contribution in [1.29, 1.82) is 0 Å². The Labute approximate surface area is 356 Å². The Hall–Kier alpha value is -7.72. The third kappa shape index (κ3) is 5.21. The first kappa shape index (κ1) is 34.2. The van der Waals surface area contributed by atoms with E-state index in [0.29, 0.717) is 0 Å². The Kier molecular flexibility index (Phi) is 7.51. The molecule has 0 amide bonds. The fourth-order valence-corrected chi connectivity index (χ4v) is 11.2. The molecule has 282 valence electrons. The van der Waals surface area contributed by atoms with Crippen LogP contribution >= 0.6 is 11.3 Å². The second-order valence-corrected chi connectivity index (χ2v) is 17.1. The Morgan fingerprint density at radius 1 is 0.311 bits per heavy atom. The number of hydrogen-bond acceptors (Lipinski definition) is 3. The predicted molar refractivity (Wildman–Crippen MR) is 259 cm³/mol. The van der Waals surface area contributed by atoms with Gasteiger partial charge in [-0.25, -0.2) is 9.97 Å². The molecular formula is C58H34N2S. The number of rotatable bonds is 3. The molecule has 0 saturated carbocycles. The lowest BCUT2D eigenvalue weighted by Crippen LogP contribution is -1.98. The lowest BCUT2D eigenvalue weighted by Gasteiger charge is -2.24. The van der Waals surface area contributed by atoms with Crippen LogP contribution < -0.4 is 0 Å². The molecule has 3 heteroatoms. The van der Waals surface area contributed by atoms with Gasteiger partial charge in [-0.3, -0.25) is 0 Å². The van der Waals surface area contributed by atoms with Crippen molar-refractivity contribution in [3.63, 3.8) is 0 Å². The van der Waals surface area contributed by atoms with Crippen LogP contribution in [-0.2, 0) is 0 Å². The van der Waals surface area contributed by atoms with Gasteiger partial charge in [0.15, 0.2) is 0 Å². The van der Waals surface area contributed by atoms with E-state index < -0.39 is 0 Å². The average molecular weight is 791 g/mol. The highest BCUT2D eigenvalue weighted by molar-refractivity contribution is 7.26. The highest BCUT2D eigenvalue weighted by Crippen LogP contribution is 2.51. The van der Waals surface area contributed by atoms with Gasteiger partial charge in [-0.15, -0.1) is 11.3 Å². The highest BCUT2D eigenvalue weighted by atomic mass is 32.1. The molecule has 2 heterocycles.